The Morgan fingerprint density at radius 3 is 2.45 bits per heavy atom. The zero-order valence-electron chi connectivity index (χ0n) is 12.1. The summed E-state index contributed by atoms with van der Waals surface area (Å²) in [6, 6.07) is 3.05. The van der Waals surface area contributed by atoms with E-state index >= 15 is 0 Å². The molecule has 1 saturated heterocycles. The number of hydrazine groups is 1. The fraction of sp³-hybridized carbons (Fsp3) is 0.600. The van der Waals surface area contributed by atoms with Gasteiger partial charge in [0.1, 0.15) is 11.6 Å². The van der Waals surface area contributed by atoms with E-state index in [0.29, 0.717) is 0 Å². The summed E-state index contributed by atoms with van der Waals surface area (Å²) in [5, 5.41) is 0. The van der Waals surface area contributed by atoms with Crippen molar-refractivity contribution in [2.45, 2.75) is 44.7 Å². The van der Waals surface area contributed by atoms with Crippen LogP contribution in [0.1, 0.15) is 44.7 Å². The van der Waals surface area contributed by atoms with Crippen molar-refractivity contribution in [1.82, 2.24) is 10.3 Å². The molecule has 0 amide bonds. The molecule has 3 N–H and O–H groups in total. The van der Waals surface area contributed by atoms with Gasteiger partial charge in [-0.05, 0) is 58.0 Å². The average molecular weight is 283 g/mol. The highest BCUT2D eigenvalue weighted by Crippen LogP contribution is 2.34. The Labute approximate surface area is 119 Å². The quantitative estimate of drug-likeness (QED) is 0.659. The third kappa shape index (κ3) is 3.00. The van der Waals surface area contributed by atoms with Gasteiger partial charge < -0.3 is 0 Å². The van der Waals surface area contributed by atoms with Crippen LogP contribution in [0.15, 0.2) is 18.2 Å². The van der Waals surface area contributed by atoms with E-state index in [4.69, 9.17) is 5.84 Å². The van der Waals surface area contributed by atoms with Gasteiger partial charge in [0, 0.05) is 11.1 Å². The lowest BCUT2D eigenvalue weighted by Gasteiger charge is -2.45. The first-order chi connectivity index (χ1) is 9.46. The topological polar surface area (TPSA) is 41.3 Å². The number of hydrogen-bond acceptors (Lipinski definition) is 3. The van der Waals surface area contributed by atoms with Crippen molar-refractivity contribution in [3.63, 3.8) is 0 Å². The molecule has 0 aliphatic carbocycles. The molecule has 3 nitrogen and oxygen atoms in total. The minimum Gasteiger partial charge on any atom is -0.296 e. The molecular formula is C15H23F2N3. The van der Waals surface area contributed by atoms with Crippen molar-refractivity contribution in [2.75, 3.05) is 13.1 Å². The van der Waals surface area contributed by atoms with E-state index in [-0.39, 0.29) is 11.1 Å². The molecule has 5 heteroatoms. The van der Waals surface area contributed by atoms with Gasteiger partial charge in [0.2, 0.25) is 0 Å². The summed E-state index contributed by atoms with van der Waals surface area (Å²) in [6.07, 6.45) is 3.49. The molecule has 1 aromatic rings. The second kappa shape index (κ2) is 6.16. The Morgan fingerprint density at radius 2 is 1.85 bits per heavy atom. The van der Waals surface area contributed by atoms with Gasteiger partial charge in [-0.3, -0.25) is 16.2 Å². The van der Waals surface area contributed by atoms with E-state index in [2.05, 4.69) is 10.3 Å². The van der Waals surface area contributed by atoms with Crippen LogP contribution in [0, 0.1) is 11.6 Å². The van der Waals surface area contributed by atoms with Crippen molar-refractivity contribution >= 4 is 0 Å². The highest BCUT2D eigenvalue weighted by Gasteiger charge is 2.37. The van der Waals surface area contributed by atoms with E-state index in [0.717, 1.165) is 38.1 Å². The molecule has 0 spiro atoms. The summed E-state index contributed by atoms with van der Waals surface area (Å²) in [6.45, 7) is 5.96. The lowest BCUT2D eigenvalue weighted by Crippen LogP contribution is -2.55. The van der Waals surface area contributed by atoms with Crippen molar-refractivity contribution in [1.29, 1.82) is 0 Å². The molecule has 20 heavy (non-hydrogen) atoms. The third-order valence-electron chi connectivity index (χ3n) is 4.31. The summed E-state index contributed by atoms with van der Waals surface area (Å²) >= 11 is 0. The van der Waals surface area contributed by atoms with Gasteiger partial charge in [0.25, 0.3) is 0 Å². The number of nitrogens with two attached hydrogens (primary N) is 1. The van der Waals surface area contributed by atoms with Gasteiger partial charge in [-0.2, -0.15) is 0 Å². The highest BCUT2D eigenvalue weighted by atomic mass is 19.1. The molecule has 2 rings (SSSR count). The molecule has 1 aromatic carbocycles. The molecule has 0 aromatic heterocycles. The predicted molar refractivity (Wildman–Crippen MR) is 75.9 cm³/mol. The molecule has 0 radical (unpaired) electrons. The monoisotopic (exact) mass is 283 g/mol. The fourth-order valence-corrected chi connectivity index (χ4v) is 3.06. The zero-order chi connectivity index (χ0) is 14.8. The molecule has 0 saturated carbocycles. The lowest BCUT2D eigenvalue weighted by molar-refractivity contribution is 0.0595. The van der Waals surface area contributed by atoms with Crippen LogP contribution in [0.2, 0.25) is 0 Å². The minimum absolute atomic E-state index is 0.281. The van der Waals surface area contributed by atoms with Gasteiger partial charge >= 0.3 is 0 Å². The molecule has 1 atom stereocenters. The Hall–Kier alpha value is -1.04. The van der Waals surface area contributed by atoms with Crippen LogP contribution in [0.4, 0.5) is 8.78 Å². The number of rotatable bonds is 4. The van der Waals surface area contributed by atoms with Crippen LogP contribution in [0.25, 0.3) is 0 Å². The van der Waals surface area contributed by atoms with Gasteiger partial charge in [-0.1, -0.05) is 6.42 Å². The number of halogens is 2. The number of benzene rings is 1. The van der Waals surface area contributed by atoms with E-state index in [9.17, 15) is 8.78 Å². The van der Waals surface area contributed by atoms with Crippen LogP contribution in [-0.4, -0.2) is 23.5 Å². The van der Waals surface area contributed by atoms with Crippen LogP contribution in [0.3, 0.4) is 0 Å². The van der Waals surface area contributed by atoms with Crippen LogP contribution >= 0.6 is 0 Å². The van der Waals surface area contributed by atoms with Gasteiger partial charge in [0.15, 0.2) is 0 Å². The van der Waals surface area contributed by atoms with E-state index in [1.807, 2.05) is 13.8 Å². The first-order valence-electron chi connectivity index (χ1n) is 7.13. The fourth-order valence-electron chi connectivity index (χ4n) is 3.06. The van der Waals surface area contributed by atoms with Crippen LogP contribution in [0.5, 0.6) is 0 Å². The average Bonchev–Trinajstić information content (AvgIpc) is 2.44. The molecule has 1 heterocycles. The number of piperidine rings is 1. The Bertz CT molecular complexity index is 456. The van der Waals surface area contributed by atoms with Crippen molar-refractivity contribution in [3.8, 4) is 0 Å². The zero-order valence-corrected chi connectivity index (χ0v) is 12.1. The molecular weight excluding hydrogens is 260 g/mol. The summed E-state index contributed by atoms with van der Waals surface area (Å²) in [5.41, 5.74) is 2.57. The maximum atomic E-state index is 14.0. The summed E-state index contributed by atoms with van der Waals surface area (Å²) in [5.74, 6) is 4.77. The van der Waals surface area contributed by atoms with E-state index < -0.39 is 17.7 Å². The van der Waals surface area contributed by atoms with Crippen molar-refractivity contribution < 1.29 is 8.78 Å². The van der Waals surface area contributed by atoms with Crippen LogP contribution in [-0.2, 0) is 0 Å². The van der Waals surface area contributed by atoms with Crippen molar-refractivity contribution in [3.05, 3.63) is 35.4 Å². The van der Waals surface area contributed by atoms with E-state index in [1.54, 1.807) is 0 Å². The Kier molecular flexibility index (Phi) is 4.73. The maximum absolute atomic E-state index is 14.0. The van der Waals surface area contributed by atoms with E-state index in [1.165, 1.54) is 12.5 Å². The number of hydrogen-bond donors (Lipinski definition) is 2. The molecule has 0 bridgehead atoms. The summed E-state index contributed by atoms with van der Waals surface area (Å²) in [4.78, 5) is 2.30. The largest absolute Gasteiger partial charge is 0.296 e. The molecule has 112 valence electrons. The van der Waals surface area contributed by atoms with Crippen molar-refractivity contribution in [2.24, 2.45) is 5.84 Å². The SMILES string of the molecule is CC(C)(C(NN)c1cc(F)ccc1F)N1CCCCC1. The van der Waals surface area contributed by atoms with Crippen LogP contribution < -0.4 is 11.3 Å². The highest BCUT2D eigenvalue weighted by molar-refractivity contribution is 5.25. The first kappa shape index (κ1) is 15.4. The Balaban J connectivity index is 2.32. The smallest absolute Gasteiger partial charge is 0.128 e. The minimum atomic E-state index is -0.462. The van der Waals surface area contributed by atoms with Gasteiger partial charge in [-0.25, -0.2) is 8.78 Å². The molecule has 1 aliphatic heterocycles. The molecule has 1 aliphatic rings. The third-order valence-corrected chi connectivity index (χ3v) is 4.31. The maximum Gasteiger partial charge on any atom is 0.128 e. The predicted octanol–water partition coefficient (Wildman–Crippen LogP) is 2.73. The second-order valence-electron chi connectivity index (χ2n) is 5.97. The first-order valence-corrected chi connectivity index (χ1v) is 7.13. The normalized spacial score (nSPS) is 19.1. The molecule has 1 unspecified atom stereocenters. The number of nitrogens with one attached hydrogen (secondary N) is 1. The van der Waals surface area contributed by atoms with Gasteiger partial charge in [0.05, 0.1) is 6.04 Å². The standard InChI is InChI=1S/C15H23F2N3/c1-15(2,20-8-4-3-5-9-20)14(19-18)12-10-11(16)6-7-13(12)17/h6-7,10,14,19H,3-5,8-9,18H2,1-2H3. The van der Waals surface area contributed by atoms with Gasteiger partial charge in [-0.15, -0.1) is 0 Å². The second-order valence-corrected chi connectivity index (χ2v) is 5.97. The lowest BCUT2D eigenvalue weighted by atomic mass is 9.85. The number of nitrogens with zero attached hydrogens (tertiary/aromatic N) is 1. The molecule has 1 fully saturated rings. The summed E-state index contributed by atoms with van der Waals surface area (Å²) in [7, 11) is 0. The summed E-state index contributed by atoms with van der Waals surface area (Å²) < 4.78 is 27.4. The Morgan fingerprint density at radius 1 is 1.20 bits per heavy atom. The number of likely N-dealkylation sites (tertiary alicyclic amines) is 1.